The molecule has 3 rings (SSSR count). The Hall–Kier alpha value is -2.60. The van der Waals surface area contributed by atoms with Gasteiger partial charge in [0.15, 0.2) is 5.96 Å². The lowest BCUT2D eigenvalue weighted by atomic mass is 10.1. The molecule has 0 atom stereocenters. The molecule has 2 aromatic rings. The number of guanidine groups is 1. The Labute approximate surface area is 171 Å². The van der Waals surface area contributed by atoms with E-state index in [-0.39, 0.29) is 5.91 Å². The number of carbonyl (C=O) groups is 1. The van der Waals surface area contributed by atoms with Crippen LogP contribution in [0.1, 0.15) is 29.5 Å². The number of aromatic nitrogens is 1. The molecule has 28 heavy (non-hydrogen) atoms. The summed E-state index contributed by atoms with van der Waals surface area (Å²) in [6.45, 7) is 2.97. The average molecular weight is 400 g/mol. The van der Waals surface area contributed by atoms with E-state index in [9.17, 15) is 4.79 Å². The highest BCUT2D eigenvalue weighted by Crippen LogP contribution is 2.15. The molecule has 1 amide bonds. The standard InChI is InChI=1S/C21H26ClN5O/c1-23-21(24-10-9-16-7-8-19(22)25-13-16)26-14-17-4-2-5-18(12-17)15-27-11-3-6-20(27)28/h2,4-5,7-8,12-13H,3,6,9-11,14-15H2,1H3,(H2,23,24,26). The molecule has 2 heterocycles. The Morgan fingerprint density at radius 3 is 2.79 bits per heavy atom. The van der Waals surface area contributed by atoms with Crippen LogP contribution in [0.25, 0.3) is 0 Å². The fourth-order valence-electron chi connectivity index (χ4n) is 3.22. The van der Waals surface area contributed by atoms with Gasteiger partial charge in [-0.25, -0.2) is 4.98 Å². The summed E-state index contributed by atoms with van der Waals surface area (Å²) in [5.41, 5.74) is 3.44. The number of likely N-dealkylation sites (tertiary alicyclic amines) is 1. The van der Waals surface area contributed by atoms with Crippen molar-refractivity contribution in [3.8, 4) is 0 Å². The monoisotopic (exact) mass is 399 g/mol. The van der Waals surface area contributed by atoms with E-state index < -0.39 is 0 Å². The molecular weight excluding hydrogens is 374 g/mol. The van der Waals surface area contributed by atoms with Crippen molar-refractivity contribution in [2.75, 3.05) is 20.1 Å². The number of nitrogens with one attached hydrogen (secondary N) is 2. The third-order valence-electron chi connectivity index (χ3n) is 4.71. The van der Waals surface area contributed by atoms with Crippen LogP contribution in [0.5, 0.6) is 0 Å². The van der Waals surface area contributed by atoms with Crippen molar-refractivity contribution in [3.63, 3.8) is 0 Å². The molecule has 0 saturated carbocycles. The van der Waals surface area contributed by atoms with Crippen molar-refractivity contribution >= 4 is 23.5 Å². The average Bonchev–Trinajstić information content (AvgIpc) is 3.11. The minimum atomic E-state index is 0.254. The van der Waals surface area contributed by atoms with Gasteiger partial charge in [0.25, 0.3) is 0 Å². The maximum absolute atomic E-state index is 11.8. The van der Waals surface area contributed by atoms with Crippen LogP contribution in [0, 0.1) is 0 Å². The summed E-state index contributed by atoms with van der Waals surface area (Å²) in [6, 6.07) is 12.1. The van der Waals surface area contributed by atoms with Crippen molar-refractivity contribution in [2.45, 2.75) is 32.4 Å². The molecule has 0 spiro atoms. The second-order valence-electron chi connectivity index (χ2n) is 6.83. The summed E-state index contributed by atoms with van der Waals surface area (Å²) in [5.74, 6) is 1.01. The van der Waals surface area contributed by atoms with Gasteiger partial charge in [-0.15, -0.1) is 0 Å². The normalized spacial score (nSPS) is 14.4. The van der Waals surface area contributed by atoms with Gasteiger partial charge in [-0.05, 0) is 35.6 Å². The van der Waals surface area contributed by atoms with Gasteiger partial charge >= 0.3 is 0 Å². The smallest absolute Gasteiger partial charge is 0.222 e. The number of carbonyl (C=O) groups excluding carboxylic acids is 1. The summed E-state index contributed by atoms with van der Waals surface area (Å²) in [7, 11) is 1.76. The third kappa shape index (κ3) is 5.96. The lowest BCUT2D eigenvalue weighted by Crippen LogP contribution is -2.37. The zero-order chi connectivity index (χ0) is 19.8. The zero-order valence-electron chi connectivity index (χ0n) is 16.1. The second kappa shape index (κ2) is 10.1. The quantitative estimate of drug-likeness (QED) is 0.426. The molecule has 1 aliphatic rings. The van der Waals surface area contributed by atoms with E-state index in [4.69, 9.17) is 11.6 Å². The molecule has 0 bridgehead atoms. The van der Waals surface area contributed by atoms with Crippen LogP contribution in [0.15, 0.2) is 47.6 Å². The number of hydrogen-bond acceptors (Lipinski definition) is 3. The Bertz CT molecular complexity index is 822. The first kappa shape index (κ1) is 20.1. The van der Waals surface area contributed by atoms with Crippen LogP contribution in [-0.2, 0) is 24.3 Å². The van der Waals surface area contributed by atoms with Crippen molar-refractivity contribution in [3.05, 3.63) is 64.4 Å². The molecule has 148 valence electrons. The van der Waals surface area contributed by atoms with Crippen molar-refractivity contribution in [1.82, 2.24) is 20.5 Å². The molecule has 1 aromatic carbocycles. The Morgan fingerprint density at radius 1 is 1.21 bits per heavy atom. The van der Waals surface area contributed by atoms with Gasteiger partial charge in [0.05, 0.1) is 0 Å². The Balaban J connectivity index is 1.46. The highest BCUT2D eigenvalue weighted by atomic mass is 35.5. The van der Waals surface area contributed by atoms with Crippen LogP contribution in [0.4, 0.5) is 0 Å². The number of rotatable bonds is 7. The minimum Gasteiger partial charge on any atom is -0.356 e. The van der Waals surface area contributed by atoms with E-state index >= 15 is 0 Å². The van der Waals surface area contributed by atoms with Crippen LogP contribution in [-0.4, -0.2) is 41.9 Å². The van der Waals surface area contributed by atoms with E-state index in [0.717, 1.165) is 48.6 Å². The summed E-state index contributed by atoms with van der Waals surface area (Å²) in [5, 5.41) is 7.14. The second-order valence-corrected chi connectivity index (χ2v) is 7.22. The van der Waals surface area contributed by atoms with E-state index in [1.165, 1.54) is 0 Å². The Kier molecular flexibility index (Phi) is 7.25. The van der Waals surface area contributed by atoms with E-state index in [2.05, 4.69) is 38.8 Å². The van der Waals surface area contributed by atoms with Crippen LogP contribution in [0.2, 0.25) is 5.15 Å². The first-order chi connectivity index (χ1) is 13.6. The van der Waals surface area contributed by atoms with Gasteiger partial charge in [0, 0.05) is 45.8 Å². The number of aliphatic imine (C=N–C) groups is 1. The fourth-order valence-corrected chi connectivity index (χ4v) is 3.33. The van der Waals surface area contributed by atoms with Crippen LogP contribution >= 0.6 is 11.6 Å². The predicted molar refractivity (Wildman–Crippen MR) is 112 cm³/mol. The first-order valence-corrected chi connectivity index (χ1v) is 9.92. The Morgan fingerprint density at radius 2 is 2.07 bits per heavy atom. The molecule has 1 aromatic heterocycles. The lowest BCUT2D eigenvalue weighted by Gasteiger charge is -2.16. The highest BCUT2D eigenvalue weighted by molar-refractivity contribution is 6.29. The fraction of sp³-hybridized carbons (Fsp3) is 0.381. The summed E-state index contributed by atoms with van der Waals surface area (Å²) < 4.78 is 0. The van der Waals surface area contributed by atoms with Crippen molar-refractivity contribution < 1.29 is 4.79 Å². The van der Waals surface area contributed by atoms with Crippen LogP contribution in [0.3, 0.4) is 0 Å². The van der Waals surface area contributed by atoms with E-state index in [1.54, 1.807) is 19.3 Å². The molecule has 0 aliphatic carbocycles. The molecule has 6 nitrogen and oxygen atoms in total. The molecule has 2 N–H and O–H groups in total. The number of pyridine rings is 1. The largest absolute Gasteiger partial charge is 0.356 e. The van der Waals surface area contributed by atoms with Gasteiger partial charge in [-0.3, -0.25) is 9.79 Å². The summed E-state index contributed by atoms with van der Waals surface area (Å²) in [4.78, 5) is 22.1. The van der Waals surface area contributed by atoms with Crippen molar-refractivity contribution in [2.24, 2.45) is 4.99 Å². The lowest BCUT2D eigenvalue weighted by molar-refractivity contribution is -0.128. The van der Waals surface area contributed by atoms with Gasteiger partial charge in [0.1, 0.15) is 5.15 Å². The van der Waals surface area contributed by atoms with E-state index in [0.29, 0.717) is 24.7 Å². The first-order valence-electron chi connectivity index (χ1n) is 9.54. The molecule has 1 fully saturated rings. The number of nitrogens with zero attached hydrogens (tertiary/aromatic N) is 3. The maximum atomic E-state index is 11.8. The number of halogens is 1. The highest BCUT2D eigenvalue weighted by Gasteiger charge is 2.19. The predicted octanol–water partition coefficient (Wildman–Crippen LogP) is 2.77. The number of hydrogen-bond donors (Lipinski definition) is 2. The molecule has 1 aliphatic heterocycles. The molecule has 0 radical (unpaired) electrons. The van der Waals surface area contributed by atoms with Gasteiger partial charge in [0.2, 0.25) is 5.91 Å². The zero-order valence-corrected chi connectivity index (χ0v) is 16.9. The van der Waals surface area contributed by atoms with Gasteiger partial charge < -0.3 is 15.5 Å². The maximum Gasteiger partial charge on any atom is 0.222 e. The minimum absolute atomic E-state index is 0.254. The topological polar surface area (TPSA) is 69.6 Å². The molecule has 1 saturated heterocycles. The van der Waals surface area contributed by atoms with Crippen LogP contribution < -0.4 is 10.6 Å². The summed E-state index contributed by atoms with van der Waals surface area (Å²) >= 11 is 5.81. The molecule has 0 unspecified atom stereocenters. The number of benzene rings is 1. The van der Waals surface area contributed by atoms with Gasteiger partial charge in [-0.1, -0.05) is 41.9 Å². The van der Waals surface area contributed by atoms with E-state index in [1.807, 2.05) is 17.0 Å². The third-order valence-corrected chi connectivity index (χ3v) is 4.94. The SMILES string of the molecule is CN=C(NCCc1ccc(Cl)nc1)NCc1cccc(CN2CCCC2=O)c1. The van der Waals surface area contributed by atoms with Crippen molar-refractivity contribution in [1.29, 1.82) is 0 Å². The molecule has 7 heteroatoms. The summed E-state index contributed by atoms with van der Waals surface area (Å²) in [6.07, 6.45) is 4.27. The number of amides is 1. The molecular formula is C21H26ClN5O. The van der Waals surface area contributed by atoms with Gasteiger partial charge in [-0.2, -0.15) is 0 Å².